The van der Waals surface area contributed by atoms with E-state index in [2.05, 4.69) is 154 Å². The molecule has 4 heteroatoms. The molecule has 2 unspecified atom stereocenters. The molecule has 0 bridgehead atoms. The van der Waals surface area contributed by atoms with E-state index in [1.54, 1.807) is 22.3 Å². The second kappa shape index (κ2) is 15.0. The largest absolute Gasteiger partial charge is 1.00 e. The molecule has 47 heavy (non-hydrogen) atoms. The van der Waals surface area contributed by atoms with Gasteiger partial charge in [-0.2, -0.15) is 0 Å². The Kier molecular flexibility index (Phi) is 11.3. The van der Waals surface area contributed by atoms with Crippen molar-refractivity contribution in [2.24, 2.45) is 0 Å². The number of allylic oxidation sites excluding steroid dienone is 2. The minimum Gasteiger partial charge on any atom is -1.00 e. The first kappa shape index (κ1) is 35.3. The quantitative estimate of drug-likeness (QED) is 0.198. The molecule has 0 saturated heterocycles. The maximum Gasteiger partial charge on any atom is -1.00 e. The van der Waals surface area contributed by atoms with E-state index in [0.717, 1.165) is 0 Å². The number of fused-ring (bicyclic) bond motifs is 4. The summed E-state index contributed by atoms with van der Waals surface area (Å²) >= 11 is -2.01. The van der Waals surface area contributed by atoms with Crippen molar-refractivity contribution < 1.29 is 45.7 Å². The number of benzene rings is 6. The zero-order valence-electron chi connectivity index (χ0n) is 27.8. The van der Waals surface area contributed by atoms with Crippen molar-refractivity contribution in [1.29, 1.82) is 0 Å². The predicted molar refractivity (Wildman–Crippen MR) is 197 cm³/mol. The molecule has 0 spiro atoms. The number of halogens is 2. The van der Waals surface area contributed by atoms with Gasteiger partial charge in [0, 0.05) is 0 Å². The van der Waals surface area contributed by atoms with Crippen LogP contribution in [0.1, 0.15) is 57.2 Å². The first-order valence-electron chi connectivity index (χ1n) is 16.6. The summed E-state index contributed by atoms with van der Waals surface area (Å²) in [5, 5.41) is 5.33. The fraction of sp³-hybridized carbons (Fsp3) is 0.163. The Morgan fingerprint density at radius 1 is 0.468 bits per heavy atom. The number of hydrogen-bond donors (Lipinski definition) is 0. The second-order valence-corrected chi connectivity index (χ2v) is 28.7. The molecule has 6 aromatic rings. The van der Waals surface area contributed by atoms with E-state index < -0.39 is 20.9 Å². The Bertz CT molecular complexity index is 1970. The van der Waals surface area contributed by atoms with Crippen LogP contribution in [0.3, 0.4) is 0 Å². The number of rotatable bonds is 5. The minimum atomic E-state index is -2.01. The summed E-state index contributed by atoms with van der Waals surface area (Å²) in [6.45, 7) is 11.3. The van der Waals surface area contributed by atoms with E-state index in [1.807, 2.05) is 13.8 Å². The van der Waals surface area contributed by atoms with Crippen LogP contribution >= 0.6 is 0 Å². The molecule has 235 valence electrons. The van der Waals surface area contributed by atoms with Gasteiger partial charge >= 0.3 is 266 Å². The Labute approximate surface area is 302 Å². The van der Waals surface area contributed by atoms with E-state index in [1.165, 1.54) is 54.9 Å². The summed E-state index contributed by atoms with van der Waals surface area (Å²) in [5.41, 5.74) is 14.9. The van der Waals surface area contributed by atoms with E-state index in [0.29, 0.717) is 7.25 Å². The van der Waals surface area contributed by atoms with Crippen LogP contribution in [0.2, 0.25) is 6.55 Å². The van der Waals surface area contributed by atoms with Crippen LogP contribution in [0, 0.1) is 0 Å². The van der Waals surface area contributed by atoms with Crippen LogP contribution in [-0.2, 0) is 20.9 Å². The predicted octanol–water partition coefficient (Wildman–Crippen LogP) is 5.73. The standard InChI is InChI=1S/2C20H15.C2H6.CH5Si.2ClH.Zr/c2*1-14-12-16-8-5-11-19(20(16)13-14)18-10-4-7-15-6-2-3-9-17(15)18;2*1-2;;;/h2*2-13H,1H3;1-2H3;2H2,1H3;2*1H;/q;;;;;;+2/p-2. The monoisotopic (exact) mass is 745 g/mol. The smallest absolute Gasteiger partial charge is 1.00 e. The van der Waals surface area contributed by atoms with Gasteiger partial charge in [-0.05, 0) is 0 Å². The molecule has 0 aromatic heterocycles. The summed E-state index contributed by atoms with van der Waals surface area (Å²) in [7, 11) is 0. The minimum absolute atomic E-state index is 0. The average Bonchev–Trinajstić information content (AvgIpc) is 3.61. The third-order valence-corrected chi connectivity index (χ3v) is 28.9. The fourth-order valence-corrected chi connectivity index (χ4v) is 28.6. The van der Waals surface area contributed by atoms with Gasteiger partial charge in [-0.1, -0.05) is 13.8 Å². The molecule has 0 fully saturated rings. The van der Waals surface area contributed by atoms with Gasteiger partial charge < -0.3 is 24.8 Å². The van der Waals surface area contributed by atoms with Gasteiger partial charge in [0.1, 0.15) is 0 Å². The van der Waals surface area contributed by atoms with E-state index >= 15 is 0 Å². The summed E-state index contributed by atoms with van der Waals surface area (Å²) in [5.74, 6) is 0. The van der Waals surface area contributed by atoms with Gasteiger partial charge in [-0.25, -0.2) is 0 Å². The van der Waals surface area contributed by atoms with Gasteiger partial charge in [-0.15, -0.1) is 0 Å². The molecule has 0 N–H and O–H groups in total. The van der Waals surface area contributed by atoms with Crippen molar-refractivity contribution >= 4 is 40.3 Å². The van der Waals surface area contributed by atoms with Crippen LogP contribution in [0.5, 0.6) is 0 Å². The summed E-state index contributed by atoms with van der Waals surface area (Å²) in [6.07, 6.45) is 5.12. The molecule has 0 radical (unpaired) electrons. The van der Waals surface area contributed by atoms with Gasteiger partial charge in [0.2, 0.25) is 0 Å². The molecule has 6 aromatic carbocycles. The first-order chi connectivity index (χ1) is 22.1. The summed E-state index contributed by atoms with van der Waals surface area (Å²) < 4.78 is 1.31. The molecule has 0 heterocycles. The van der Waals surface area contributed by atoms with Crippen LogP contribution in [0.15, 0.2) is 132 Å². The third-order valence-electron chi connectivity index (χ3n) is 9.87. The van der Waals surface area contributed by atoms with Crippen LogP contribution in [0.25, 0.3) is 56.0 Å². The zero-order chi connectivity index (χ0) is 31.1. The molecule has 0 nitrogen and oxygen atoms in total. The molecule has 0 aliphatic heterocycles. The van der Waals surface area contributed by atoms with Crippen molar-refractivity contribution in [3.63, 3.8) is 0 Å². The van der Waals surface area contributed by atoms with E-state index in [-0.39, 0.29) is 31.5 Å². The summed E-state index contributed by atoms with van der Waals surface area (Å²) in [6, 6.07) is 45.5. The molecule has 2 aliphatic rings. The second-order valence-electron chi connectivity index (χ2n) is 12.2. The maximum atomic E-state index is 2.62. The van der Waals surface area contributed by atoms with Crippen LogP contribution < -0.4 is 24.8 Å². The maximum absolute atomic E-state index is 2.62. The van der Waals surface area contributed by atoms with Crippen molar-refractivity contribution in [1.82, 2.24) is 0 Å². The van der Waals surface area contributed by atoms with Crippen molar-refractivity contribution in [2.75, 3.05) is 0 Å². The Morgan fingerprint density at radius 2 is 0.830 bits per heavy atom. The van der Waals surface area contributed by atoms with Crippen LogP contribution in [-0.4, -0.2) is 6.65 Å². The molecule has 2 atom stereocenters. The SMILES string of the molecule is CC.C[SiH2][Zr+2]([CH]1C(C)=Cc2c(-c3cccc4ccccc34)cccc21)[CH]1C(C)=Cc2c(-c3cccc4ccccc34)cccc21.[Cl-].[Cl-]. The topological polar surface area (TPSA) is 0 Å². The van der Waals surface area contributed by atoms with Crippen molar-refractivity contribution in [3.8, 4) is 22.3 Å². The van der Waals surface area contributed by atoms with Crippen molar-refractivity contribution in [2.45, 2.75) is 41.5 Å². The van der Waals surface area contributed by atoms with E-state index in [9.17, 15) is 0 Å². The van der Waals surface area contributed by atoms with Crippen LogP contribution in [0.4, 0.5) is 0 Å². The normalized spacial score (nSPS) is 16.0. The van der Waals surface area contributed by atoms with Crippen molar-refractivity contribution in [3.05, 3.63) is 155 Å². The molecule has 8 rings (SSSR count). The van der Waals surface area contributed by atoms with Gasteiger partial charge in [0.05, 0.1) is 0 Å². The Hall–Kier alpha value is -3.00. The Balaban J connectivity index is 0.00000106. The first-order valence-corrected chi connectivity index (χ1v) is 26.8. The summed E-state index contributed by atoms with van der Waals surface area (Å²) in [4.78, 5) is 0. The Morgan fingerprint density at radius 3 is 1.26 bits per heavy atom. The third kappa shape index (κ3) is 6.08. The zero-order valence-corrected chi connectivity index (χ0v) is 33.2. The molecule has 0 saturated carbocycles. The fourth-order valence-electron chi connectivity index (χ4n) is 8.05. The van der Waals surface area contributed by atoms with Gasteiger partial charge in [-0.3, -0.25) is 0 Å². The molecule has 2 aliphatic carbocycles. The van der Waals surface area contributed by atoms with Gasteiger partial charge in [0.15, 0.2) is 0 Å². The number of hydrogen-bond acceptors (Lipinski definition) is 0. The van der Waals surface area contributed by atoms with E-state index in [4.69, 9.17) is 0 Å². The average molecular weight is 748 g/mol. The van der Waals surface area contributed by atoms with Gasteiger partial charge in [0.25, 0.3) is 0 Å². The molecular weight excluding hydrogens is 707 g/mol. The molecular formula is C43H41Cl2SiZr. The molecule has 0 amide bonds.